The fourth-order valence-electron chi connectivity index (χ4n) is 2.80. The molecule has 2 aromatic rings. The number of para-hydroxylation sites is 1. The van der Waals surface area contributed by atoms with Gasteiger partial charge in [-0.2, -0.15) is 5.26 Å². The van der Waals surface area contributed by atoms with Gasteiger partial charge in [0.1, 0.15) is 16.7 Å². The molecule has 0 radical (unpaired) electrons. The molecular formula is C17H15N5O2S2. The largest absolute Gasteiger partial charge is 0.344 e. The second-order valence-corrected chi connectivity index (χ2v) is 8.02. The highest BCUT2D eigenvalue weighted by Gasteiger charge is 2.30. The lowest BCUT2D eigenvalue weighted by Crippen LogP contribution is -2.18. The second kappa shape index (κ2) is 6.70. The van der Waals surface area contributed by atoms with Gasteiger partial charge in [0.25, 0.3) is 0 Å². The lowest BCUT2D eigenvalue weighted by Gasteiger charge is -2.14. The fourth-order valence-corrected chi connectivity index (χ4v) is 4.85. The molecule has 7 nitrogen and oxygen atoms in total. The van der Waals surface area contributed by atoms with Gasteiger partial charge in [0.15, 0.2) is 10.9 Å². The number of aromatic nitrogens is 3. The smallest absolute Gasteiger partial charge is 0.337 e. The van der Waals surface area contributed by atoms with Crippen LogP contribution >= 0.6 is 23.5 Å². The van der Waals surface area contributed by atoms with Gasteiger partial charge in [-0.05, 0) is 25.0 Å². The van der Waals surface area contributed by atoms with Gasteiger partial charge >= 0.3 is 5.69 Å². The number of hydrogen-bond donors (Lipinski definition) is 1. The van der Waals surface area contributed by atoms with Gasteiger partial charge in [0.05, 0.1) is 11.4 Å². The number of aromatic amines is 1. The third-order valence-corrected chi connectivity index (χ3v) is 6.45. The van der Waals surface area contributed by atoms with Crippen molar-refractivity contribution < 1.29 is 4.79 Å². The maximum absolute atomic E-state index is 12.7. The minimum absolute atomic E-state index is 0.0636. The van der Waals surface area contributed by atoms with E-state index in [1.165, 1.54) is 23.5 Å². The highest BCUT2D eigenvalue weighted by molar-refractivity contribution is 8.03. The van der Waals surface area contributed by atoms with Crippen molar-refractivity contribution in [2.24, 2.45) is 0 Å². The number of rotatable bonds is 5. The zero-order valence-corrected chi connectivity index (χ0v) is 15.6. The maximum atomic E-state index is 12.7. The van der Waals surface area contributed by atoms with Gasteiger partial charge in [-0.15, -0.1) is 5.10 Å². The zero-order valence-electron chi connectivity index (χ0n) is 13.9. The van der Waals surface area contributed by atoms with Crippen molar-refractivity contribution >= 4 is 35.0 Å². The number of ketones is 1. The summed E-state index contributed by atoms with van der Waals surface area (Å²) >= 11 is 2.61. The fraction of sp³-hybridized carbons (Fsp3) is 0.294. The number of fused-ring (bicyclic) bond motifs is 1. The van der Waals surface area contributed by atoms with Crippen LogP contribution in [0.15, 0.2) is 49.7 Å². The van der Waals surface area contributed by atoms with Crippen LogP contribution in [0.2, 0.25) is 0 Å². The summed E-state index contributed by atoms with van der Waals surface area (Å²) in [6.07, 6.45) is 1.91. The van der Waals surface area contributed by atoms with Crippen LogP contribution in [0.3, 0.4) is 0 Å². The molecule has 0 unspecified atom stereocenters. The predicted molar refractivity (Wildman–Crippen MR) is 100 cm³/mol. The summed E-state index contributed by atoms with van der Waals surface area (Å²) < 4.78 is 1.60. The first-order valence-electron chi connectivity index (χ1n) is 8.08. The molecule has 0 bridgehead atoms. The van der Waals surface area contributed by atoms with Gasteiger partial charge < -0.3 is 4.90 Å². The van der Waals surface area contributed by atoms with Crippen molar-refractivity contribution in [2.75, 3.05) is 17.7 Å². The second-order valence-electron chi connectivity index (χ2n) is 6.05. The standard InChI is InChI=1S/C17H15N5O2S2/c1-21-12-4-2-3-5-14(12)26-15(21)11(8-18)13(23)9-25-17-20-19-16(24)22(17)10-6-7-10/h2-5,10H,6-7,9H2,1H3,(H,19,24)/b15-11-. The summed E-state index contributed by atoms with van der Waals surface area (Å²) in [7, 11) is 1.85. The van der Waals surface area contributed by atoms with Gasteiger partial charge in [-0.1, -0.05) is 35.7 Å². The predicted octanol–water partition coefficient (Wildman–Crippen LogP) is 2.54. The van der Waals surface area contributed by atoms with Crippen LogP contribution in [0.5, 0.6) is 0 Å². The lowest BCUT2D eigenvalue weighted by atomic mass is 10.2. The third-order valence-electron chi connectivity index (χ3n) is 4.26. The monoisotopic (exact) mass is 385 g/mol. The summed E-state index contributed by atoms with van der Waals surface area (Å²) in [6, 6.07) is 10.0. The Hall–Kier alpha value is -2.44. The Labute approximate surface area is 158 Å². The number of allylic oxidation sites excluding steroid dienone is 1. The molecule has 1 aromatic heterocycles. The SMILES string of the molecule is CN1/C(=C(\C#N)C(=O)CSc2n[nH]c(=O)n2C2CC2)Sc2ccccc21. The van der Waals surface area contributed by atoms with Crippen molar-refractivity contribution in [3.05, 3.63) is 45.4 Å². The first kappa shape index (κ1) is 17.0. The average molecular weight is 385 g/mol. The summed E-state index contributed by atoms with van der Waals surface area (Å²) in [6.45, 7) is 0. The number of thioether (sulfide) groups is 2. The minimum atomic E-state index is -0.266. The van der Waals surface area contributed by atoms with E-state index in [0.29, 0.717) is 10.2 Å². The molecule has 132 valence electrons. The van der Waals surface area contributed by atoms with Crippen molar-refractivity contribution in [2.45, 2.75) is 28.9 Å². The Morgan fingerprint density at radius 2 is 2.23 bits per heavy atom. The van der Waals surface area contributed by atoms with Crippen molar-refractivity contribution in [1.82, 2.24) is 14.8 Å². The molecule has 2 aliphatic rings. The first-order chi connectivity index (χ1) is 12.6. The Balaban J connectivity index is 1.54. The van der Waals surface area contributed by atoms with Crippen LogP contribution in [0.4, 0.5) is 5.69 Å². The molecule has 0 spiro atoms. The summed E-state index contributed by atoms with van der Waals surface area (Å²) in [5, 5.41) is 17.1. The van der Waals surface area contributed by atoms with E-state index in [4.69, 9.17) is 0 Å². The Morgan fingerprint density at radius 1 is 1.46 bits per heavy atom. The van der Waals surface area contributed by atoms with Gasteiger partial charge in [0, 0.05) is 18.0 Å². The van der Waals surface area contributed by atoms with E-state index in [1.807, 2.05) is 36.2 Å². The summed E-state index contributed by atoms with van der Waals surface area (Å²) in [5.41, 5.74) is 0.871. The molecule has 0 atom stereocenters. The lowest BCUT2D eigenvalue weighted by molar-refractivity contribution is -0.112. The molecule has 2 heterocycles. The van der Waals surface area contributed by atoms with E-state index in [-0.39, 0.29) is 28.8 Å². The number of benzene rings is 1. The molecule has 4 rings (SSSR count). The van der Waals surface area contributed by atoms with Crippen molar-refractivity contribution in [3.8, 4) is 6.07 Å². The number of carbonyl (C=O) groups excluding carboxylic acids is 1. The third kappa shape index (κ3) is 2.95. The quantitative estimate of drug-likeness (QED) is 0.480. The topological polar surface area (TPSA) is 94.8 Å². The molecule has 1 aliphatic carbocycles. The Morgan fingerprint density at radius 3 is 2.92 bits per heavy atom. The number of H-pyrrole nitrogens is 1. The highest BCUT2D eigenvalue weighted by atomic mass is 32.2. The molecule has 9 heteroatoms. The molecule has 26 heavy (non-hydrogen) atoms. The zero-order chi connectivity index (χ0) is 18.3. The first-order valence-corrected chi connectivity index (χ1v) is 9.88. The van der Waals surface area contributed by atoms with Crippen LogP contribution < -0.4 is 10.6 Å². The van der Waals surface area contributed by atoms with Gasteiger partial charge in [-0.25, -0.2) is 9.89 Å². The van der Waals surface area contributed by atoms with Crippen LogP contribution in [-0.2, 0) is 4.79 Å². The number of nitrogens with zero attached hydrogens (tertiary/aromatic N) is 4. The number of carbonyl (C=O) groups is 1. The van der Waals surface area contributed by atoms with E-state index in [9.17, 15) is 14.9 Å². The van der Waals surface area contributed by atoms with E-state index in [0.717, 1.165) is 23.4 Å². The molecule has 1 fully saturated rings. The van der Waals surface area contributed by atoms with E-state index in [1.54, 1.807) is 4.57 Å². The summed E-state index contributed by atoms with van der Waals surface area (Å²) in [4.78, 5) is 27.4. The molecule has 1 N–H and O–H groups in total. The normalized spacial score (nSPS) is 17.8. The molecular weight excluding hydrogens is 370 g/mol. The number of nitriles is 1. The van der Waals surface area contributed by atoms with Crippen LogP contribution in [0.1, 0.15) is 18.9 Å². The molecule has 0 amide bonds. The van der Waals surface area contributed by atoms with Crippen molar-refractivity contribution in [1.29, 1.82) is 5.26 Å². The highest BCUT2D eigenvalue weighted by Crippen LogP contribution is 2.46. The van der Waals surface area contributed by atoms with Gasteiger partial charge in [0.2, 0.25) is 0 Å². The number of Topliss-reactive ketones (excluding diaryl/α,β-unsaturated/α-hetero) is 1. The summed E-state index contributed by atoms with van der Waals surface area (Å²) in [5.74, 6) is -0.203. The minimum Gasteiger partial charge on any atom is -0.337 e. The molecule has 1 saturated carbocycles. The Bertz CT molecular complexity index is 1010. The molecule has 0 saturated heterocycles. The van der Waals surface area contributed by atoms with Crippen LogP contribution in [0, 0.1) is 11.3 Å². The van der Waals surface area contributed by atoms with E-state index >= 15 is 0 Å². The van der Waals surface area contributed by atoms with Gasteiger partial charge in [-0.3, -0.25) is 9.36 Å². The van der Waals surface area contributed by atoms with E-state index in [2.05, 4.69) is 16.3 Å². The number of anilines is 1. The van der Waals surface area contributed by atoms with Crippen LogP contribution in [0.25, 0.3) is 0 Å². The molecule has 1 aliphatic heterocycles. The maximum Gasteiger partial charge on any atom is 0.344 e. The Kier molecular flexibility index (Phi) is 4.38. The van der Waals surface area contributed by atoms with Crippen LogP contribution in [-0.4, -0.2) is 33.3 Å². The number of hydrogen-bond acceptors (Lipinski definition) is 7. The average Bonchev–Trinajstić information content (AvgIpc) is 3.34. The molecule has 1 aromatic carbocycles. The van der Waals surface area contributed by atoms with E-state index < -0.39 is 0 Å². The van der Waals surface area contributed by atoms with Crippen molar-refractivity contribution in [3.63, 3.8) is 0 Å². The number of nitrogens with one attached hydrogen (secondary N) is 1.